The predicted octanol–water partition coefficient (Wildman–Crippen LogP) is 2.60. The molecule has 1 aromatic heterocycles. The second kappa shape index (κ2) is 6.20. The molecule has 0 saturated carbocycles. The fraction of sp³-hybridized carbons (Fsp3) is 0.333. The number of anilines is 1. The molecule has 3 rings (SSSR count). The van der Waals surface area contributed by atoms with Gasteiger partial charge in [-0.15, -0.1) is 10.2 Å². The SMILES string of the molecule is Clc1ccc(-c2ccc(N3CCCNCC3)nn2)cc1. The summed E-state index contributed by atoms with van der Waals surface area (Å²) >= 11 is 5.89. The summed E-state index contributed by atoms with van der Waals surface area (Å²) < 4.78 is 0. The first-order valence-corrected chi connectivity index (χ1v) is 7.26. The highest BCUT2D eigenvalue weighted by Gasteiger charge is 2.11. The Hall–Kier alpha value is -1.65. The summed E-state index contributed by atoms with van der Waals surface area (Å²) in [7, 11) is 0. The van der Waals surface area contributed by atoms with Crippen LogP contribution in [0.3, 0.4) is 0 Å². The third kappa shape index (κ3) is 3.08. The van der Waals surface area contributed by atoms with E-state index in [9.17, 15) is 0 Å². The fourth-order valence-corrected chi connectivity index (χ4v) is 2.47. The summed E-state index contributed by atoms with van der Waals surface area (Å²) in [5.41, 5.74) is 1.91. The van der Waals surface area contributed by atoms with Crippen molar-refractivity contribution in [3.05, 3.63) is 41.4 Å². The first-order chi connectivity index (χ1) is 9.83. The lowest BCUT2D eigenvalue weighted by Gasteiger charge is -2.20. The number of nitrogens with zero attached hydrogens (tertiary/aromatic N) is 3. The Kier molecular flexibility index (Phi) is 4.14. The maximum absolute atomic E-state index is 5.89. The standard InChI is InChI=1S/C15H17ClN4/c16-13-4-2-12(3-5-13)14-6-7-15(19-18-14)20-10-1-8-17-9-11-20/h2-7,17H,1,8-11H2. The molecule has 4 nitrogen and oxygen atoms in total. The Morgan fingerprint density at radius 2 is 1.80 bits per heavy atom. The Balaban J connectivity index is 1.78. The summed E-state index contributed by atoms with van der Waals surface area (Å²) in [5, 5.41) is 12.8. The van der Waals surface area contributed by atoms with Crippen molar-refractivity contribution in [2.75, 3.05) is 31.1 Å². The molecular formula is C15H17ClN4. The summed E-state index contributed by atoms with van der Waals surface area (Å²) in [6.07, 6.45) is 1.14. The zero-order valence-electron chi connectivity index (χ0n) is 11.2. The molecule has 1 N–H and O–H groups in total. The van der Waals surface area contributed by atoms with Gasteiger partial charge in [-0.05, 0) is 37.2 Å². The minimum absolute atomic E-state index is 0.732. The van der Waals surface area contributed by atoms with Crippen LogP contribution in [0.1, 0.15) is 6.42 Å². The molecular weight excluding hydrogens is 272 g/mol. The minimum Gasteiger partial charge on any atom is -0.354 e. The van der Waals surface area contributed by atoms with E-state index in [1.54, 1.807) is 0 Å². The van der Waals surface area contributed by atoms with E-state index in [0.29, 0.717) is 0 Å². The molecule has 1 saturated heterocycles. The first kappa shape index (κ1) is 13.3. The quantitative estimate of drug-likeness (QED) is 0.922. The monoisotopic (exact) mass is 288 g/mol. The molecule has 0 bridgehead atoms. The van der Waals surface area contributed by atoms with E-state index in [1.807, 2.05) is 36.4 Å². The normalized spacial score (nSPS) is 15.9. The lowest BCUT2D eigenvalue weighted by atomic mass is 10.1. The molecule has 1 aromatic carbocycles. The average Bonchev–Trinajstić information content (AvgIpc) is 2.77. The van der Waals surface area contributed by atoms with E-state index in [1.165, 1.54) is 0 Å². The van der Waals surface area contributed by atoms with Crippen LogP contribution in [0.15, 0.2) is 36.4 Å². The second-order valence-electron chi connectivity index (χ2n) is 4.87. The number of halogens is 1. The van der Waals surface area contributed by atoms with Gasteiger partial charge in [0.2, 0.25) is 0 Å². The molecule has 5 heteroatoms. The molecule has 0 aliphatic carbocycles. The largest absolute Gasteiger partial charge is 0.354 e. The van der Waals surface area contributed by atoms with Gasteiger partial charge in [0.15, 0.2) is 5.82 Å². The van der Waals surface area contributed by atoms with Crippen LogP contribution in [0.4, 0.5) is 5.82 Å². The summed E-state index contributed by atoms with van der Waals surface area (Å²) in [5.74, 6) is 0.950. The number of nitrogens with one attached hydrogen (secondary N) is 1. The van der Waals surface area contributed by atoms with E-state index in [0.717, 1.165) is 54.7 Å². The molecule has 2 heterocycles. The Morgan fingerprint density at radius 1 is 0.950 bits per heavy atom. The molecule has 1 aliphatic rings. The van der Waals surface area contributed by atoms with Gasteiger partial charge in [0.1, 0.15) is 0 Å². The van der Waals surface area contributed by atoms with Crippen molar-refractivity contribution in [2.24, 2.45) is 0 Å². The Bertz CT molecular complexity index is 545. The lowest BCUT2D eigenvalue weighted by Crippen LogP contribution is -2.28. The van der Waals surface area contributed by atoms with Crippen LogP contribution >= 0.6 is 11.6 Å². The average molecular weight is 289 g/mol. The van der Waals surface area contributed by atoms with E-state index >= 15 is 0 Å². The van der Waals surface area contributed by atoms with Crippen LogP contribution < -0.4 is 10.2 Å². The molecule has 0 unspecified atom stereocenters. The Labute approximate surface area is 123 Å². The van der Waals surface area contributed by atoms with E-state index < -0.39 is 0 Å². The van der Waals surface area contributed by atoms with Gasteiger partial charge in [0.05, 0.1) is 5.69 Å². The van der Waals surface area contributed by atoms with Crippen LogP contribution in [0.2, 0.25) is 5.02 Å². The smallest absolute Gasteiger partial charge is 0.151 e. The maximum Gasteiger partial charge on any atom is 0.151 e. The van der Waals surface area contributed by atoms with Gasteiger partial charge in [0.25, 0.3) is 0 Å². The van der Waals surface area contributed by atoms with Gasteiger partial charge in [0, 0.05) is 30.2 Å². The highest BCUT2D eigenvalue weighted by atomic mass is 35.5. The highest BCUT2D eigenvalue weighted by molar-refractivity contribution is 6.30. The van der Waals surface area contributed by atoms with Crippen molar-refractivity contribution in [3.63, 3.8) is 0 Å². The second-order valence-corrected chi connectivity index (χ2v) is 5.31. The number of hydrogen-bond acceptors (Lipinski definition) is 4. The number of hydrogen-bond donors (Lipinski definition) is 1. The molecule has 0 spiro atoms. The third-order valence-electron chi connectivity index (χ3n) is 3.45. The molecule has 20 heavy (non-hydrogen) atoms. The summed E-state index contributed by atoms with van der Waals surface area (Å²) in [6, 6.07) is 11.7. The van der Waals surface area contributed by atoms with Crippen molar-refractivity contribution in [1.82, 2.24) is 15.5 Å². The van der Waals surface area contributed by atoms with Crippen molar-refractivity contribution in [2.45, 2.75) is 6.42 Å². The first-order valence-electron chi connectivity index (χ1n) is 6.88. The minimum atomic E-state index is 0.732. The number of rotatable bonds is 2. The van der Waals surface area contributed by atoms with Gasteiger partial charge < -0.3 is 10.2 Å². The van der Waals surface area contributed by atoms with Crippen LogP contribution in [0.25, 0.3) is 11.3 Å². The van der Waals surface area contributed by atoms with Crippen LogP contribution in [-0.2, 0) is 0 Å². The molecule has 1 aliphatic heterocycles. The van der Waals surface area contributed by atoms with Gasteiger partial charge in [-0.25, -0.2) is 0 Å². The van der Waals surface area contributed by atoms with Gasteiger partial charge >= 0.3 is 0 Å². The van der Waals surface area contributed by atoms with Crippen molar-refractivity contribution in [1.29, 1.82) is 0 Å². The van der Waals surface area contributed by atoms with Crippen LogP contribution in [0.5, 0.6) is 0 Å². The van der Waals surface area contributed by atoms with Crippen molar-refractivity contribution in [3.8, 4) is 11.3 Å². The maximum atomic E-state index is 5.89. The topological polar surface area (TPSA) is 41.0 Å². The Morgan fingerprint density at radius 3 is 2.55 bits per heavy atom. The van der Waals surface area contributed by atoms with E-state index in [-0.39, 0.29) is 0 Å². The zero-order chi connectivity index (χ0) is 13.8. The number of benzene rings is 1. The molecule has 104 valence electrons. The van der Waals surface area contributed by atoms with Gasteiger partial charge in [-0.2, -0.15) is 0 Å². The van der Waals surface area contributed by atoms with Crippen LogP contribution in [0, 0.1) is 0 Å². The van der Waals surface area contributed by atoms with Crippen molar-refractivity contribution >= 4 is 17.4 Å². The summed E-state index contributed by atoms with van der Waals surface area (Å²) in [4.78, 5) is 2.28. The highest BCUT2D eigenvalue weighted by Crippen LogP contribution is 2.20. The lowest BCUT2D eigenvalue weighted by molar-refractivity contribution is 0.724. The molecule has 0 amide bonds. The number of aromatic nitrogens is 2. The molecule has 1 fully saturated rings. The van der Waals surface area contributed by atoms with Crippen LogP contribution in [-0.4, -0.2) is 36.4 Å². The zero-order valence-corrected chi connectivity index (χ0v) is 12.0. The van der Waals surface area contributed by atoms with E-state index in [2.05, 4.69) is 20.4 Å². The van der Waals surface area contributed by atoms with Crippen molar-refractivity contribution < 1.29 is 0 Å². The molecule has 0 atom stereocenters. The predicted molar refractivity (Wildman–Crippen MR) is 82.2 cm³/mol. The third-order valence-corrected chi connectivity index (χ3v) is 3.71. The van der Waals surface area contributed by atoms with E-state index in [4.69, 9.17) is 11.6 Å². The fourth-order valence-electron chi connectivity index (χ4n) is 2.34. The van der Waals surface area contributed by atoms with Gasteiger partial charge in [-0.3, -0.25) is 0 Å². The van der Waals surface area contributed by atoms with Gasteiger partial charge in [-0.1, -0.05) is 23.7 Å². The molecule has 0 radical (unpaired) electrons. The summed E-state index contributed by atoms with van der Waals surface area (Å²) in [6.45, 7) is 4.09. The molecule has 2 aromatic rings.